The lowest BCUT2D eigenvalue weighted by Crippen LogP contribution is -2.34. The number of hydrogen-bond donors (Lipinski definition) is 0. The minimum absolute atomic E-state index is 0.0603. The molecule has 8 nitrogen and oxygen atoms in total. The Labute approximate surface area is 215 Å². The highest BCUT2D eigenvalue weighted by Crippen LogP contribution is 2.36. The number of benzene rings is 3. The zero-order valence-corrected chi connectivity index (χ0v) is 21.9. The van der Waals surface area contributed by atoms with Gasteiger partial charge in [-0.2, -0.15) is 12.7 Å². The number of halogens is 2. The lowest BCUT2D eigenvalue weighted by molar-refractivity contribution is 0.329. The molecule has 0 saturated heterocycles. The molecule has 188 valence electrons. The van der Waals surface area contributed by atoms with E-state index in [1.54, 1.807) is 42.5 Å². The number of ether oxygens (including phenoxy) is 4. The third kappa shape index (κ3) is 6.43. The summed E-state index contributed by atoms with van der Waals surface area (Å²) < 4.78 is 55.0. The summed E-state index contributed by atoms with van der Waals surface area (Å²) in [7, 11) is 1.63. The van der Waals surface area contributed by atoms with Crippen LogP contribution in [0.3, 0.4) is 0 Å². The van der Waals surface area contributed by atoms with Gasteiger partial charge < -0.3 is 23.1 Å². The molecule has 0 heterocycles. The summed E-state index contributed by atoms with van der Waals surface area (Å²) >= 11 is 12.3. The second-order valence-electron chi connectivity index (χ2n) is 7.22. The van der Waals surface area contributed by atoms with Crippen molar-refractivity contribution < 1.29 is 31.5 Å². The van der Waals surface area contributed by atoms with Crippen LogP contribution in [0.1, 0.15) is 11.1 Å². The Balaban J connectivity index is 2.05. The van der Waals surface area contributed by atoms with Crippen molar-refractivity contribution in [3.8, 4) is 28.7 Å². The number of rotatable bonds is 11. The van der Waals surface area contributed by atoms with E-state index in [1.807, 2.05) is 0 Å². The van der Waals surface area contributed by atoms with Crippen LogP contribution in [0, 0.1) is 0 Å². The van der Waals surface area contributed by atoms with Crippen LogP contribution in [0.15, 0.2) is 54.6 Å². The van der Waals surface area contributed by atoms with Crippen molar-refractivity contribution in [3.05, 3.63) is 75.8 Å². The topological polar surface area (TPSA) is 83.5 Å². The molecule has 0 amide bonds. The molecule has 3 aromatic rings. The number of methoxy groups -OCH3 is 4. The fraction of sp³-hybridized carbons (Fsp3) is 0.250. The van der Waals surface area contributed by atoms with E-state index in [1.165, 1.54) is 40.6 Å². The maximum atomic E-state index is 13.5. The Hall–Kier alpha value is -2.85. The summed E-state index contributed by atoms with van der Waals surface area (Å²) in [5, 5.41) is 0.121. The van der Waals surface area contributed by atoms with Crippen LogP contribution in [-0.4, -0.2) is 41.2 Å². The number of hydrogen-bond acceptors (Lipinski definition) is 7. The van der Waals surface area contributed by atoms with Gasteiger partial charge in [0.05, 0.1) is 38.5 Å². The number of para-hydroxylation sites is 1. The quantitative estimate of drug-likeness (QED) is 0.323. The Morgan fingerprint density at radius 2 is 1.17 bits per heavy atom. The smallest absolute Gasteiger partial charge is 0.385 e. The lowest BCUT2D eigenvalue weighted by Gasteiger charge is -2.24. The van der Waals surface area contributed by atoms with Crippen LogP contribution >= 0.6 is 23.2 Å². The van der Waals surface area contributed by atoms with E-state index >= 15 is 0 Å². The molecule has 11 heteroatoms. The molecule has 0 fully saturated rings. The van der Waals surface area contributed by atoms with E-state index in [9.17, 15) is 8.42 Å². The largest absolute Gasteiger partial charge is 0.497 e. The third-order valence-corrected chi connectivity index (χ3v) is 6.97. The van der Waals surface area contributed by atoms with E-state index < -0.39 is 10.3 Å². The summed E-state index contributed by atoms with van der Waals surface area (Å²) in [4.78, 5) is 0. The maximum Gasteiger partial charge on any atom is 0.385 e. The molecule has 0 radical (unpaired) electrons. The van der Waals surface area contributed by atoms with Gasteiger partial charge >= 0.3 is 10.3 Å². The van der Waals surface area contributed by atoms with Crippen molar-refractivity contribution in [1.29, 1.82) is 0 Å². The van der Waals surface area contributed by atoms with Gasteiger partial charge in [-0.15, -0.1) is 0 Å². The van der Waals surface area contributed by atoms with E-state index in [0.717, 1.165) is 4.31 Å². The minimum atomic E-state index is -4.41. The summed E-state index contributed by atoms with van der Waals surface area (Å²) in [6.07, 6.45) is 0. The summed E-state index contributed by atoms with van der Waals surface area (Å²) in [5.74, 6) is 1.86. The fourth-order valence-corrected chi connectivity index (χ4v) is 4.94. The zero-order chi connectivity index (χ0) is 25.6. The first kappa shape index (κ1) is 26.7. The molecule has 0 N–H and O–H groups in total. The van der Waals surface area contributed by atoms with Crippen LogP contribution < -0.4 is 23.1 Å². The minimum Gasteiger partial charge on any atom is -0.497 e. The molecule has 0 aliphatic carbocycles. The first-order valence-electron chi connectivity index (χ1n) is 10.3. The van der Waals surface area contributed by atoms with Gasteiger partial charge in [0.2, 0.25) is 0 Å². The highest BCUT2D eigenvalue weighted by molar-refractivity contribution is 7.84. The first-order chi connectivity index (χ1) is 16.7. The standard InChI is InChI=1S/C24H25Cl2NO7S/c1-30-18-10-8-16(22(12-18)32-3)14-27(15-17-9-11-19(31-2)13-23(17)33-4)35(28,29)34-24-20(25)6-5-7-21(24)26/h5-13H,14-15H2,1-4H3. The second-order valence-corrected chi connectivity index (χ2v) is 9.57. The molecule has 0 aliphatic rings. The Bertz CT molecular complexity index is 1210. The predicted molar refractivity (Wildman–Crippen MR) is 134 cm³/mol. The van der Waals surface area contributed by atoms with Crippen molar-refractivity contribution >= 4 is 33.5 Å². The van der Waals surface area contributed by atoms with Crippen molar-refractivity contribution in [1.82, 2.24) is 4.31 Å². The lowest BCUT2D eigenvalue weighted by atomic mass is 10.1. The molecule has 0 aromatic heterocycles. The van der Waals surface area contributed by atoms with Gasteiger partial charge in [0.15, 0.2) is 5.75 Å². The van der Waals surface area contributed by atoms with E-state index in [4.69, 9.17) is 46.3 Å². The molecule has 35 heavy (non-hydrogen) atoms. The van der Waals surface area contributed by atoms with Gasteiger partial charge in [-0.25, -0.2) is 0 Å². The van der Waals surface area contributed by atoms with Crippen molar-refractivity contribution in [2.24, 2.45) is 0 Å². The normalized spacial score (nSPS) is 11.3. The van der Waals surface area contributed by atoms with Crippen molar-refractivity contribution in [3.63, 3.8) is 0 Å². The maximum absolute atomic E-state index is 13.5. The van der Waals surface area contributed by atoms with Gasteiger partial charge in [-0.05, 0) is 24.3 Å². The monoisotopic (exact) mass is 541 g/mol. The summed E-state index contributed by atoms with van der Waals surface area (Å²) in [6, 6.07) is 14.8. The van der Waals surface area contributed by atoms with Gasteiger partial charge in [-0.1, -0.05) is 41.4 Å². The first-order valence-corrected chi connectivity index (χ1v) is 12.4. The summed E-state index contributed by atoms with van der Waals surface area (Å²) in [5.41, 5.74) is 1.16. The molecule has 3 aromatic carbocycles. The molecule has 0 aliphatic heterocycles. The van der Waals surface area contributed by atoms with Gasteiger partial charge in [0.1, 0.15) is 23.0 Å². The SMILES string of the molecule is COc1ccc(CN(Cc2ccc(OC)cc2OC)S(=O)(=O)Oc2c(Cl)cccc2Cl)c(OC)c1. The average molecular weight is 542 g/mol. The highest BCUT2D eigenvalue weighted by atomic mass is 35.5. The fourth-order valence-electron chi connectivity index (χ4n) is 3.28. The Morgan fingerprint density at radius 1 is 0.714 bits per heavy atom. The van der Waals surface area contributed by atoms with Crippen LogP contribution in [0.4, 0.5) is 0 Å². The molecule has 0 saturated carbocycles. The molecular weight excluding hydrogens is 517 g/mol. The summed E-state index contributed by atoms with van der Waals surface area (Å²) in [6.45, 7) is -0.181. The molecular formula is C24H25Cl2NO7S. The van der Waals surface area contributed by atoms with Crippen LogP contribution in [0.25, 0.3) is 0 Å². The second kappa shape index (κ2) is 11.7. The van der Waals surface area contributed by atoms with Crippen LogP contribution in [0.2, 0.25) is 10.0 Å². The van der Waals surface area contributed by atoms with E-state index in [-0.39, 0.29) is 28.9 Å². The van der Waals surface area contributed by atoms with Crippen molar-refractivity contribution in [2.45, 2.75) is 13.1 Å². The van der Waals surface area contributed by atoms with Gasteiger partial charge in [0.25, 0.3) is 0 Å². The predicted octanol–water partition coefficient (Wildman–Crippen LogP) is 5.35. The molecule has 3 rings (SSSR count). The third-order valence-electron chi connectivity index (χ3n) is 5.11. The Morgan fingerprint density at radius 3 is 1.57 bits per heavy atom. The molecule has 0 bridgehead atoms. The van der Waals surface area contributed by atoms with Crippen LogP contribution in [0.5, 0.6) is 28.7 Å². The molecule has 0 spiro atoms. The number of nitrogens with zero attached hydrogens (tertiary/aromatic N) is 1. The average Bonchev–Trinajstić information content (AvgIpc) is 2.86. The molecule has 0 atom stereocenters. The highest BCUT2D eigenvalue weighted by Gasteiger charge is 2.29. The van der Waals surface area contributed by atoms with E-state index in [2.05, 4.69) is 0 Å². The van der Waals surface area contributed by atoms with Crippen LogP contribution in [-0.2, 0) is 23.4 Å². The zero-order valence-electron chi connectivity index (χ0n) is 19.6. The van der Waals surface area contributed by atoms with Crippen molar-refractivity contribution in [2.75, 3.05) is 28.4 Å². The van der Waals surface area contributed by atoms with Gasteiger partial charge in [-0.3, -0.25) is 0 Å². The van der Waals surface area contributed by atoms with Gasteiger partial charge in [0, 0.05) is 36.3 Å². The van der Waals surface area contributed by atoms with E-state index in [0.29, 0.717) is 34.1 Å². The molecule has 0 unspecified atom stereocenters. The Kier molecular flexibility index (Phi) is 8.96.